The highest BCUT2D eigenvalue weighted by molar-refractivity contribution is 6.01. The Kier molecular flexibility index (Phi) is 6.44. The lowest BCUT2D eigenvalue weighted by molar-refractivity contribution is -0.111. The fourth-order valence-electron chi connectivity index (χ4n) is 3.82. The SMILES string of the molecule is COc1ccc(/C=C\C(=O)Nc2cc(C)nn2-c2nc3c(cnn3-c3ccc(F)cc3)c(=O)[nH]2)cc1OC. The average molecular weight is 516 g/mol. The average Bonchev–Trinajstić information content (AvgIpc) is 3.51. The molecule has 0 atom stereocenters. The highest BCUT2D eigenvalue weighted by atomic mass is 19.1. The van der Waals surface area contributed by atoms with E-state index in [9.17, 15) is 14.0 Å². The highest BCUT2D eigenvalue weighted by Gasteiger charge is 2.16. The molecule has 11 nitrogen and oxygen atoms in total. The van der Waals surface area contributed by atoms with Gasteiger partial charge in [0.2, 0.25) is 11.9 Å². The number of amides is 1. The molecule has 0 aliphatic carbocycles. The molecular weight excluding hydrogens is 493 g/mol. The van der Waals surface area contributed by atoms with E-state index in [4.69, 9.17) is 9.47 Å². The first kappa shape index (κ1) is 24.4. The van der Waals surface area contributed by atoms with Crippen molar-refractivity contribution in [1.82, 2.24) is 29.5 Å². The molecule has 2 aromatic carbocycles. The third kappa shape index (κ3) is 4.74. The zero-order valence-corrected chi connectivity index (χ0v) is 20.6. The van der Waals surface area contributed by atoms with E-state index in [1.54, 1.807) is 44.4 Å². The maximum atomic E-state index is 13.4. The normalized spacial score (nSPS) is 11.3. The molecule has 0 unspecified atom stereocenters. The minimum atomic E-state index is -0.447. The quantitative estimate of drug-likeness (QED) is 0.318. The molecule has 5 aromatic rings. The third-order valence-corrected chi connectivity index (χ3v) is 5.61. The second-order valence-electron chi connectivity index (χ2n) is 8.18. The largest absolute Gasteiger partial charge is 0.493 e. The number of methoxy groups -OCH3 is 2. The zero-order chi connectivity index (χ0) is 26.8. The number of fused-ring (bicyclic) bond motifs is 1. The van der Waals surface area contributed by atoms with Gasteiger partial charge in [-0.15, -0.1) is 0 Å². The molecule has 2 N–H and O–H groups in total. The van der Waals surface area contributed by atoms with E-state index in [0.717, 1.165) is 5.56 Å². The van der Waals surface area contributed by atoms with Gasteiger partial charge in [-0.1, -0.05) is 6.07 Å². The number of hydrogen-bond donors (Lipinski definition) is 2. The maximum Gasteiger partial charge on any atom is 0.263 e. The molecule has 0 fully saturated rings. The van der Waals surface area contributed by atoms with Crippen LogP contribution in [0.25, 0.3) is 28.7 Å². The van der Waals surface area contributed by atoms with Crippen LogP contribution in [0.4, 0.5) is 10.2 Å². The van der Waals surface area contributed by atoms with Crippen molar-refractivity contribution in [3.8, 4) is 23.1 Å². The molecule has 5 rings (SSSR count). The number of aromatic nitrogens is 6. The van der Waals surface area contributed by atoms with Crippen molar-refractivity contribution in [2.45, 2.75) is 6.92 Å². The summed E-state index contributed by atoms with van der Waals surface area (Å²) in [6, 6.07) is 12.5. The van der Waals surface area contributed by atoms with Crippen LogP contribution in [0, 0.1) is 12.7 Å². The number of anilines is 1. The number of aromatic amines is 1. The number of ether oxygens (including phenoxy) is 2. The number of rotatable bonds is 7. The molecule has 0 spiro atoms. The fourth-order valence-corrected chi connectivity index (χ4v) is 3.82. The van der Waals surface area contributed by atoms with Gasteiger partial charge in [0.15, 0.2) is 17.1 Å². The molecule has 0 saturated heterocycles. The summed E-state index contributed by atoms with van der Waals surface area (Å²) in [7, 11) is 3.08. The van der Waals surface area contributed by atoms with Crippen LogP contribution in [0.15, 0.2) is 65.6 Å². The Morgan fingerprint density at radius 1 is 1.05 bits per heavy atom. The number of nitrogens with zero attached hydrogens (tertiary/aromatic N) is 5. The van der Waals surface area contributed by atoms with Crippen molar-refractivity contribution >= 4 is 28.8 Å². The third-order valence-electron chi connectivity index (χ3n) is 5.61. The van der Waals surface area contributed by atoms with Crippen LogP contribution < -0.4 is 20.3 Å². The smallest absolute Gasteiger partial charge is 0.263 e. The molecule has 12 heteroatoms. The van der Waals surface area contributed by atoms with E-state index in [1.165, 1.54) is 53.0 Å². The lowest BCUT2D eigenvalue weighted by atomic mass is 10.2. The Labute approximate surface area is 215 Å². The molecule has 1 amide bonds. The van der Waals surface area contributed by atoms with Crippen LogP contribution in [0.3, 0.4) is 0 Å². The van der Waals surface area contributed by atoms with Gasteiger partial charge < -0.3 is 14.8 Å². The van der Waals surface area contributed by atoms with Crippen molar-refractivity contribution in [2.24, 2.45) is 0 Å². The summed E-state index contributed by atoms with van der Waals surface area (Å²) < 4.78 is 26.7. The first-order chi connectivity index (χ1) is 18.4. The Morgan fingerprint density at radius 3 is 2.55 bits per heavy atom. The standard InChI is InChI=1S/C26H22FN7O4/c1-15-12-22(29-23(35)11-5-16-4-10-20(37-2)21(13-16)38-3)34(32-15)26-30-24-19(25(36)31-26)14-28-33(24)18-8-6-17(27)7-9-18/h4-14H,1-3H3,(H,29,35)(H,30,31,36)/b11-5-. The van der Waals surface area contributed by atoms with Gasteiger partial charge >= 0.3 is 0 Å². The number of hydrogen-bond acceptors (Lipinski definition) is 7. The van der Waals surface area contributed by atoms with Crippen LogP contribution in [0.5, 0.6) is 11.5 Å². The van der Waals surface area contributed by atoms with Gasteiger partial charge in [0, 0.05) is 12.1 Å². The van der Waals surface area contributed by atoms with Gasteiger partial charge in [-0.2, -0.15) is 19.9 Å². The number of benzene rings is 2. The van der Waals surface area contributed by atoms with E-state index >= 15 is 0 Å². The lowest BCUT2D eigenvalue weighted by Gasteiger charge is -2.08. The van der Waals surface area contributed by atoms with E-state index in [0.29, 0.717) is 28.7 Å². The van der Waals surface area contributed by atoms with Gasteiger partial charge in [0.25, 0.3) is 5.56 Å². The summed E-state index contributed by atoms with van der Waals surface area (Å²) in [6.45, 7) is 1.74. The minimum Gasteiger partial charge on any atom is -0.493 e. The predicted molar refractivity (Wildman–Crippen MR) is 139 cm³/mol. The molecule has 38 heavy (non-hydrogen) atoms. The molecule has 192 valence electrons. The number of aryl methyl sites for hydroxylation is 1. The Morgan fingerprint density at radius 2 is 1.82 bits per heavy atom. The summed E-state index contributed by atoms with van der Waals surface area (Å²) in [6.07, 6.45) is 4.36. The summed E-state index contributed by atoms with van der Waals surface area (Å²) in [5.74, 6) is 0.644. The van der Waals surface area contributed by atoms with Crippen molar-refractivity contribution in [3.05, 3.63) is 88.2 Å². The highest BCUT2D eigenvalue weighted by Crippen LogP contribution is 2.28. The van der Waals surface area contributed by atoms with Gasteiger partial charge in [-0.05, 0) is 55.0 Å². The van der Waals surface area contributed by atoms with E-state index in [1.807, 2.05) is 0 Å². The van der Waals surface area contributed by atoms with E-state index in [2.05, 4.69) is 25.5 Å². The maximum absolute atomic E-state index is 13.4. The van der Waals surface area contributed by atoms with Crippen molar-refractivity contribution in [3.63, 3.8) is 0 Å². The lowest BCUT2D eigenvalue weighted by Crippen LogP contribution is -2.18. The predicted octanol–water partition coefficient (Wildman–Crippen LogP) is 3.41. The second kappa shape index (κ2) is 10.0. The van der Waals surface area contributed by atoms with Crippen LogP contribution in [0.2, 0.25) is 0 Å². The molecule has 0 saturated carbocycles. The topological polar surface area (TPSA) is 129 Å². The van der Waals surface area contributed by atoms with Crippen molar-refractivity contribution < 1.29 is 18.7 Å². The van der Waals surface area contributed by atoms with Crippen LogP contribution in [0.1, 0.15) is 11.3 Å². The van der Waals surface area contributed by atoms with E-state index in [-0.39, 0.29) is 17.0 Å². The zero-order valence-electron chi connectivity index (χ0n) is 20.6. The molecule has 3 heterocycles. The Bertz CT molecular complexity index is 1740. The number of carbonyl (C=O) groups is 1. The van der Waals surface area contributed by atoms with Crippen molar-refractivity contribution in [1.29, 1.82) is 0 Å². The first-order valence-corrected chi connectivity index (χ1v) is 11.4. The van der Waals surface area contributed by atoms with Gasteiger partial charge in [-0.25, -0.2) is 9.07 Å². The summed E-state index contributed by atoms with van der Waals surface area (Å²) >= 11 is 0. The monoisotopic (exact) mass is 515 g/mol. The molecule has 0 aliphatic heterocycles. The minimum absolute atomic E-state index is 0.0682. The van der Waals surface area contributed by atoms with Crippen LogP contribution >= 0.6 is 0 Å². The summed E-state index contributed by atoms with van der Waals surface area (Å²) in [5, 5.41) is 11.6. The fraction of sp³-hybridized carbons (Fsp3) is 0.115. The van der Waals surface area contributed by atoms with Gasteiger partial charge in [0.05, 0.1) is 31.8 Å². The van der Waals surface area contributed by atoms with E-state index < -0.39 is 17.3 Å². The molecular formula is C26H22FN7O4. The van der Waals surface area contributed by atoms with Crippen LogP contribution in [-0.4, -0.2) is 49.7 Å². The molecule has 0 aliphatic rings. The summed E-state index contributed by atoms with van der Waals surface area (Å²) in [4.78, 5) is 32.7. The van der Waals surface area contributed by atoms with Gasteiger partial charge in [0.1, 0.15) is 17.0 Å². The summed E-state index contributed by atoms with van der Waals surface area (Å²) in [5.41, 5.74) is 1.63. The number of halogens is 1. The molecule has 3 aromatic heterocycles. The number of carbonyl (C=O) groups excluding carboxylic acids is 1. The first-order valence-electron chi connectivity index (χ1n) is 11.4. The van der Waals surface area contributed by atoms with Crippen molar-refractivity contribution in [2.75, 3.05) is 19.5 Å². The second-order valence-corrected chi connectivity index (χ2v) is 8.18. The Balaban J connectivity index is 1.45. The van der Waals surface area contributed by atoms with Crippen LogP contribution in [-0.2, 0) is 4.79 Å². The number of nitrogens with one attached hydrogen (secondary N) is 2. The Hall–Kier alpha value is -5.26. The number of H-pyrrole nitrogens is 1. The molecule has 0 bridgehead atoms. The van der Waals surface area contributed by atoms with Gasteiger partial charge in [-0.3, -0.25) is 14.6 Å². The molecule has 0 radical (unpaired) electrons.